The summed E-state index contributed by atoms with van der Waals surface area (Å²) in [7, 11) is 1.62. The fourth-order valence-electron chi connectivity index (χ4n) is 15.4. The number of amides is 4. The van der Waals surface area contributed by atoms with Crippen molar-refractivity contribution in [3.05, 3.63) is 322 Å². The average Bonchev–Trinajstić information content (AvgIpc) is 1.76. The highest BCUT2D eigenvalue weighted by atomic mass is 35.5. The minimum Gasteiger partial charge on any atom is -0.507 e. The number of carbonyl (C=O) groups is 4. The number of piperazine rings is 1. The molecule has 30 nitrogen and oxygen atoms in total. The van der Waals surface area contributed by atoms with E-state index in [-0.39, 0.29) is 5.75 Å². The van der Waals surface area contributed by atoms with Crippen LogP contribution in [0.5, 0.6) is 28.7 Å². The molecule has 1 aliphatic heterocycles. The first-order chi connectivity index (χ1) is 60.9. The molecule has 0 unspecified atom stereocenters. The third-order valence-corrected chi connectivity index (χ3v) is 22.4. The zero-order chi connectivity index (χ0) is 90.9. The summed E-state index contributed by atoms with van der Waals surface area (Å²) in [6.45, 7) is 24.7. The fraction of sp³-hybridized carbons (Fsp3) is 0.250. The molecule has 6 aromatic heterocycles. The minimum atomic E-state index is -0.571. The SMILES string of the molecule is COc1ccc(Cc2[nH]nc(NCc3cc(C)c(O)c(C)c3)c2C(N)=O)cc1.Cc1cc(CNc2n[nH]c(Cc3ccc(-c4ccccc4)cc3)c2C(N)=O)cc(C)c1O.Cc1cc(CNc2n[nH]c(Cc3ccc(-n4ccnc4)cc3)c2C(N)=O)cc(C)c1O.Cc1cc(CNc2n[nH]c(Cc3cnc(N4CCN(C(C)C)CC4)c(Cl)c3)c2C(N)=O)cc(C)c1O. The number of aryl methyl sites for hydroxylation is 8. The van der Waals surface area contributed by atoms with Gasteiger partial charge in [-0.05, 0) is 200 Å². The molecule has 0 saturated carbocycles. The van der Waals surface area contributed by atoms with Crippen LogP contribution in [0.4, 0.5) is 29.1 Å². The van der Waals surface area contributed by atoms with Crippen molar-refractivity contribution in [1.29, 1.82) is 0 Å². The van der Waals surface area contributed by atoms with E-state index in [4.69, 9.17) is 39.3 Å². The number of aromatic amines is 4. The van der Waals surface area contributed by atoms with E-state index in [1.54, 1.807) is 25.8 Å². The monoisotopic (exact) mass is 1730 g/mol. The molecule has 14 aromatic rings. The molecule has 127 heavy (non-hydrogen) atoms. The number of phenols is 4. The van der Waals surface area contributed by atoms with Crippen LogP contribution in [0.15, 0.2) is 183 Å². The summed E-state index contributed by atoms with van der Waals surface area (Å²) in [6, 6.07) is 51.6. The van der Waals surface area contributed by atoms with E-state index in [1.165, 1.54) is 0 Å². The first-order valence-electron chi connectivity index (χ1n) is 41.4. The molecule has 8 aromatic carbocycles. The second kappa shape index (κ2) is 41.5. The van der Waals surface area contributed by atoms with E-state index in [9.17, 15) is 39.6 Å². The number of methoxy groups -OCH3 is 1. The Bertz CT molecular complexity index is 6100. The average molecular weight is 1740 g/mol. The molecule has 0 atom stereocenters. The van der Waals surface area contributed by atoms with Gasteiger partial charge in [0, 0.05) is 108 Å². The fourth-order valence-corrected chi connectivity index (χ4v) is 15.7. The molecule has 1 saturated heterocycles. The zero-order valence-corrected chi connectivity index (χ0v) is 73.7. The molecular weight excluding hydrogens is 1630 g/mol. The summed E-state index contributed by atoms with van der Waals surface area (Å²) in [6.07, 6.45) is 9.03. The summed E-state index contributed by atoms with van der Waals surface area (Å²) >= 11 is 6.62. The second-order valence-electron chi connectivity index (χ2n) is 31.9. The molecule has 4 amide bonds. The number of primary amides is 4. The lowest BCUT2D eigenvalue weighted by molar-refractivity contribution is 0.0991. The summed E-state index contributed by atoms with van der Waals surface area (Å²) in [5.41, 5.74) is 44.1. The van der Waals surface area contributed by atoms with Crippen LogP contribution in [0.3, 0.4) is 0 Å². The lowest BCUT2D eigenvalue weighted by Crippen LogP contribution is -2.49. The number of aromatic hydroxyl groups is 4. The number of pyridine rings is 1. The third-order valence-electron chi connectivity index (χ3n) is 22.1. The largest absolute Gasteiger partial charge is 0.507 e. The Labute approximate surface area is 741 Å². The first kappa shape index (κ1) is 91.3. The van der Waals surface area contributed by atoms with E-state index in [2.05, 4.69) is 120 Å². The molecule has 15 rings (SSSR count). The number of nitrogens with zero attached hydrogens (tertiary/aromatic N) is 9. The molecule has 1 aliphatic rings. The third kappa shape index (κ3) is 23.1. The Morgan fingerprint density at radius 3 is 1.06 bits per heavy atom. The van der Waals surface area contributed by atoms with Gasteiger partial charge in [0.15, 0.2) is 23.3 Å². The van der Waals surface area contributed by atoms with Gasteiger partial charge in [-0.2, -0.15) is 20.4 Å². The Morgan fingerprint density at radius 2 is 0.756 bits per heavy atom. The van der Waals surface area contributed by atoms with E-state index in [1.807, 2.05) is 200 Å². The number of hydrogen-bond acceptors (Lipinski definition) is 21. The molecule has 1 fully saturated rings. The predicted molar refractivity (Wildman–Crippen MR) is 496 cm³/mol. The number of halogens is 1. The number of benzene rings is 8. The number of ether oxygens (including phenoxy) is 1. The Balaban J connectivity index is 0.000000154. The van der Waals surface area contributed by atoms with Gasteiger partial charge < -0.3 is 78.8 Å². The van der Waals surface area contributed by atoms with Crippen molar-refractivity contribution in [2.45, 2.75) is 127 Å². The number of carbonyl (C=O) groups excluding carboxylic acids is 4. The van der Waals surface area contributed by atoms with Gasteiger partial charge >= 0.3 is 0 Å². The highest BCUT2D eigenvalue weighted by molar-refractivity contribution is 6.33. The van der Waals surface area contributed by atoms with Crippen molar-refractivity contribution in [3.8, 4) is 45.6 Å². The van der Waals surface area contributed by atoms with Crippen molar-refractivity contribution >= 4 is 64.3 Å². The Hall–Kier alpha value is -14.9. The van der Waals surface area contributed by atoms with Crippen LogP contribution >= 0.6 is 11.6 Å². The standard InChI is InChI=1S/C26H34ClN7O2.C26H26N4O2.C23H24N6O2.C21H24N4O3/c1-15(2)33-5-7-34(8-6-33)26-20(27)11-19(14-30-26)12-21-22(24(28)36)25(32-31-21)29-13-18-9-16(3)23(35)17(4)10-18;1-16-12-19(13-17(2)24(16)31)15-28-26-23(25(27)32)22(29-30-26)14-18-8-10-21(11-9-18)20-6-4-3-5-7-20;1-14-9-17(10-15(2)21(14)30)12-26-23-20(22(24)31)19(27-28-23)11-16-3-5-18(6-4-16)29-8-7-25-13-29;1-12-8-15(9-13(2)19(12)26)11-23-21-18(20(22)27)17(24-25-21)10-14-4-6-16(28-3)7-5-14/h9-11,14-15,35H,5-8,12-13H2,1-4H3,(H2,28,36)(H2,29,31,32);3-13,31H,14-15H2,1-2H3,(H2,27,32)(H2,28,29,30);3-10,13,30H,11-12H2,1-2H3,(H2,24,31)(H2,26,27,28);4-9,26H,10-11H2,1-3H3,(H2,22,27)(H2,23,24,25). The molecule has 31 heteroatoms. The molecule has 658 valence electrons. The van der Waals surface area contributed by atoms with Crippen LogP contribution in [0, 0.1) is 55.4 Å². The summed E-state index contributed by atoms with van der Waals surface area (Å²) in [5.74, 6) is 2.19. The first-order valence-corrected chi connectivity index (χ1v) is 41.8. The van der Waals surface area contributed by atoms with Crippen molar-refractivity contribution in [2.75, 3.05) is 59.5 Å². The van der Waals surface area contributed by atoms with Crippen molar-refractivity contribution in [2.24, 2.45) is 22.9 Å². The van der Waals surface area contributed by atoms with Crippen LogP contribution in [0.2, 0.25) is 5.02 Å². The zero-order valence-electron chi connectivity index (χ0n) is 72.9. The Morgan fingerprint density at radius 1 is 0.433 bits per heavy atom. The quantitative estimate of drug-likeness (QED) is 0.0207. The van der Waals surface area contributed by atoms with Gasteiger partial charge in [-0.1, -0.05) is 139 Å². The Kier molecular flexibility index (Phi) is 29.8. The van der Waals surface area contributed by atoms with E-state index < -0.39 is 23.6 Å². The molecular formula is C96H108ClN21O9. The van der Waals surface area contributed by atoms with Gasteiger partial charge in [0.25, 0.3) is 23.6 Å². The highest BCUT2D eigenvalue weighted by Crippen LogP contribution is 2.34. The number of aromatic nitrogens is 11. The summed E-state index contributed by atoms with van der Waals surface area (Å²) in [4.78, 5) is 62.0. The maximum Gasteiger partial charge on any atom is 0.254 e. The van der Waals surface area contributed by atoms with Crippen LogP contribution in [-0.2, 0) is 51.9 Å². The van der Waals surface area contributed by atoms with Crippen LogP contribution in [0.25, 0.3) is 16.8 Å². The van der Waals surface area contributed by atoms with Crippen molar-refractivity contribution in [3.63, 3.8) is 0 Å². The smallest absolute Gasteiger partial charge is 0.254 e. The van der Waals surface area contributed by atoms with Crippen molar-refractivity contribution < 1.29 is 44.3 Å². The van der Waals surface area contributed by atoms with E-state index >= 15 is 0 Å². The topological polar surface area (TPSA) is 463 Å². The van der Waals surface area contributed by atoms with Crippen LogP contribution in [0.1, 0.15) is 167 Å². The molecule has 7 heterocycles. The predicted octanol–water partition coefficient (Wildman–Crippen LogP) is 14.6. The molecule has 0 aliphatic carbocycles. The highest BCUT2D eigenvalue weighted by Gasteiger charge is 2.27. The van der Waals surface area contributed by atoms with Crippen LogP contribution in [-0.4, -0.2) is 144 Å². The van der Waals surface area contributed by atoms with Gasteiger partial charge in [0.2, 0.25) is 0 Å². The molecule has 20 N–H and O–H groups in total. The maximum atomic E-state index is 12.3. The number of rotatable bonds is 29. The summed E-state index contributed by atoms with van der Waals surface area (Å²) < 4.78 is 7.08. The molecule has 0 radical (unpaired) electrons. The van der Waals surface area contributed by atoms with Gasteiger partial charge in [-0.15, -0.1) is 0 Å². The lowest BCUT2D eigenvalue weighted by Gasteiger charge is -2.37. The number of nitrogens with one attached hydrogen (secondary N) is 8. The summed E-state index contributed by atoms with van der Waals surface area (Å²) in [5, 5.41) is 82.0. The van der Waals surface area contributed by atoms with Gasteiger partial charge in [0.1, 0.15) is 56.8 Å². The number of phenolic OH excluding ortho intramolecular Hbond substituents is 4. The van der Waals surface area contributed by atoms with Gasteiger partial charge in [-0.25, -0.2) is 9.97 Å². The van der Waals surface area contributed by atoms with Gasteiger partial charge in [0.05, 0.1) is 41.2 Å². The van der Waals surface area contributed by atoms with Crippen LogP contribution < -0.4 is 53.8 Å². The number of nitrogens with two attached hydrogens (primary N) is 4. The number of H-pyrrole nitrogens is 4. The number of imidazole rings is 1. The normalized spacial score (nSPS) is 11.8. The second-order valence-corrected chi connectivity index (χ2v) is 32.3. The van der Waals surface area contributed by atoms with E-state index in [0.29, 0.717) is 148 Å². The number of hydrogen-bond donors (Lipinski definition) is 16. The minimum absolute atomic E-state index is 0.287. The lowest BCUT2D eigenvalue weighted by atomic mass is 10.0. The molecule has 0 bridgehead atoms. The van der Waals surface area contributed by atoms with E-state index in [0.717, 1.165) is 144 Å². The van der Waals surface area contributed by atoms with Gasteiger partial charge in [-0.3, -0.25) is 44.5 Å². The number of anilines is 5. The maximum absolute atomic E-state index is 12.3. The molecule has 0 spiro atoms. The van der Waals surface area contributed by atoms with Crippen molar-refractivity contribution in [1.82, 2.24) is 60.2 Å².